The smallest absolute Gasteiger partial charge is 0.129 e. The van der Waals surface area contributed by atoms with Gasteiger partial charge < -0.3 is 4.48 Å². The molecule has 0 spiro atoms. The van der Waals surface area contributed by atoms with Gasteiger partial charge in [-0.25, -0.2) is 0 Å². The van der Waals surface area contributed by atoms with Crippen molar-refractivity contribution < 1.29 is 4.48 Å². The molecule has 0 amide bonds. The van der Waals surface area contributed by atoms with Crippen LogP contribution in [0.2, 0.25) is 0 Å². The number of nitrogens with zero attached hydrogens (tertiary/aromatic N) is 1. The van der Waals surface area contributed by atoms with E-state index in [0.717, 1.165) is 10.5 Å². The minimum Gasteiger partial charge on any atom is -0.322 e. The molecule has 1 atom stereocenters. The summed E-state index contributed by atoms with van der Waals surface area (Å²) >= 11 is 0. The van der Waals surface area contributed by atoms with Crippen molar-refractivity contribution >= 4 is 0 Å². The number of likely N-dealkylation sites (N-methyl/N-ethyl adjacent to an activating group) is 1. The molecule has 0 aromatic carbocycles. The van der Waals surface area contributed by atoms with E-state index in [1.807, 2.05) is 0 Å². The third-order valence-corrected chi connectivity index (χ3v) is 1.61. The lowest BCUT2D eigenvalue weighted by Gasteiger charge is -2.24. The predicted molar refractivity (Wildman–Crippen MR) is 35.6 cm³/mol. The Bertz CT molecular complexity index is 128. The standard InChI is InChI=1S/C7H14N/c1-6-5-7(6)8(2,3)4/h5,7H,1-4H3/q+1. The zero-order chi connectivity index (χ0) is 6.36. The first kappa shape index (κ1) is 5.83. The van der Waals surface area contributed by atoms with Crippen LogP contribution in [0, 0.1) is 0 Å². The summed E-state index contributed by atoms with van der Waals surface area (Å²) in [6.45, 7) is 2.19. The Labute approximate surface area is 51.2 Å². The topological polar surface area (TPSA) is 0 Å². The predicted octanol–water partition coefficient (Wildman–Crippen LogP) is 1.02. The molecule has 8 heavy (non-hydrogen) atoms. The van der Waals surface area contributed by atoms with Crippen LogP contribution in [0.5, 0.6) is 0 Å². The van der Waals surface area contributed by atoms with Crippen LogP contribution in [0.4, 0.5) is 0 Å². The van der Waals surface area contributed by atoms with E-state index in [9.17, 15) is 0 Å². The fourth-order valence-corrected chi connectivity index (χ4v) is 1.04. The first-order valence-electron chi connectivity index (χ1n) is 3.01. The Morgan fingerprint density at radius 1 is 1.38 bits per heavy atom. The maximum absolute atomic E-state index is 2.31. The van der Waals surface area contributed by atoms with E-state index in [1.165, 1.54) is 5.57 Å². The van der Waals surface area contributed by atoms with Crippen LogP contribution in [-0.4, -0.2) is 31.7 Å². The highest BCUT2D eigenvalue weighted by Gasteiger charge is 2.32. The van der Waals surface area contributed by atoms with Crippen molar-refractivity contribution in [3.63, 3.8) is 0 Å². The molecule has 0 radical (unpaired) electrons. The van der Waals surface area contributed by atoms with E-state index in [-0.39, 0.29) is 0 Å². The van der Waals surface area contributed by atoms with Crippen LogP contribution in [-0.2, 0) is 0 Å². The Morgan fingerprint density at radius 2 is 1.75 bits per heavy atom. The first-order chi connectivity index (χ1) is 3.52. The van der Waals surface area contributed by atoms with Crippen LogP contribution in [0.25, 0.3) is 0 Å². The molecule has 1 aliphatic rings. The third-order valence-electron chi connectivity index (χ3n) is 1.61. The molecule has 1 nitrogen and oxygen atoms in total. The lowest BCUT2D eigenvalue weighted by Crippen LogP contribution is -2.38. The highest BCUT2D eigenvalue weighted by molar-refractivity contribution is 5.29. The number of hydrogen-bond donors (Lipinski definition) is 0. The molecule has 1 heteroatoms. The summed E-state index contributed by atoms with van der Waals surface area (Å²) in [5, 5.41) is 0. The summed E-state index contributed by atoms with van der Waals surface area (Å²) in [6, 6.07) is 0.745. The zero-order valence-electron chi connectivity index (χ0n) is 6.10. The van der Waals surface area contributed by atoms with Crippen LogP contribution in [0.3, 0.4) is 0 Å². The SMILES string of the molecule is CC1=CC1[N+](C)(C)C. The normalized spacial score (nSPS) is 27.5. The lowest BCUT2D eigenvalue weighted by molar-refractivity contribution is -0.877. The maximum atomic E-state index is 2.31. The molecule has 0 fully saturated rings. The maximum Gasteiger partial charge on any atom is 0.129 e. The van der Waals surface area contributed by atoms with Gasteiger partial charge >= 0.3 is 0 Å². The molecule has 0 aromatic rings. The largest absolute Gasteiger partial charge is 0.322 e. The second kappa shape index (κ2) is 1.35. The minimum absolute atomic E-state index is 0.745. The highest BCUT2D eigenvalue weighted by Crippen LogP contribution is 2.27. The second-order valence-corrected chi connectivity index (χ2v) is 3.47. The van der Waals surface area contributed by atoms with Crippen LogP contribution >= 0.6 is 0 Å². The van der Waals surface area contributed by atoms with E-state index in [2.05, 4.69) is 34.1 Å². The van der Waals surface area contributed by atoms with Gasteiger partial charge in [0.15, 0.2) is 0 Å². The molecule has 0 aromatic heterocycles. The van der Waals surface area contributed by atoms with Crippen molar-refractivity contribution in [2.24, 2.45) is 0 Å². The molecule has 0 aliphatic heterocycles. The number of rotatable bonds is 1. The Morgan fingerprint density at radius 3 is 1.75 bits per heavy atom. The van der Waals surface area contributed by atoms with Crippen LogP contribution in [0.15, 0.2) is 11.6 Å². The van der Waals surface area contributed by atoms with Gasteiger partial charge in [-0.3, -0.25) is 0 Å². The van der Waals surface area contributed by atoms with Crippen molar-refractivity contribution in [1.82, 2.24) is 0 Å². The molecular formula is C7H14N+. The third kappa shape index (κ3) is 0.920. The van der Waals surface area contributed by atoms with E-state index in [0.29, 0.717) is 0 Å². The molecule has 0 heterocycles. The molecule has 0 saturated carbocycles. The highest BCUT2D eigenvalue weighted by atomic mass is 15.3. The van der Waals surface area contributed by atoms with Gasteiger partial charge in [0.25, 0.3) is 0 Å². The van der Waals surface area contributed by atoms with Gasteiger partial charge in [0.05, 0.1) is 21.1 Å². The summed E-state index contributed by atoms with van der Waals surface area (Å²) in [4.78, 5) is 0. The number of quaternary nitrogens is 1. The first-order valence-corrected chi connectivity index (χ1v) is 3.01. The van der Waals surface area contributed by atoms with Gasteiger partial charge in [-0.2, -0.15) is 0 Å². The van der Waals surface area contributed by atoms with E-state index in [4.69, 9.17) is 0 Å². The fourth-order valence-electron chi connectivity index (χ4n) is 1.04. The van der Waals surface area contributed by atoms with Gasteiger partial charge in [0, 0.05) is 0 Å². The Kier molecular flexibility index (Phi) is 0.984. The van der Waals surface area contributed by atoms with E-state index < -0.39 is 0 Å². The van der Waals surface area contributed by atoms with E-state index in [1.54, 1.807) is 0 Å². The summed E-state index contributed by atoms with van der Waals surface area (Å²) in [6.07, 6.45) is 2.31. The fraction of sp³-hybridized carbons (Fsp3) is 0.714. The molecule has 0 bridgehead atoms. The summed E-state index contributed by atoms with van der Waals surface area (Å²) in [5.41, 5.74) is 1.54. The van der Waals surface area contributed by atoms with Gasteiger partial charge in [0.1, 0.15) is 6.04 Å². The van der Waals surface area contributed by atoms with Crippen LogP contribution < -0.4 is 0 Å². The average Bonchev–Trinajstić information content (AvgIpc) is 2.13. The van der Waals surface area contributed by atoms with Gasteiger partial charge in [0.2, 0.25) is 0 Å². The second-order valence-electron chi connectivity index (χ2n) is 3.47. The monoisotopic (exact) mass is 112 g/mol. The molecule has 0 N–H and O–H groups in total. The Balaban J connectivity index is 2.43. The molecule has 46 valence electrons. The van der Waals surface area contributed by atoms with Gasteiger partial charge in [-0.15, -0.1) is 0 Å². The quantitative estimate of drug-likeness (QED) is 0.351. The minimum atomic E-state index is 0.745. The van der Waals surface area contributed by atoms with Crippen LogP contribution in [0.1, 0.15) is 6.92 Å². The average molecular weight is 112 g/mol. The molecule has 1 aliphatic carbocycles. The summed E-state index contributed by atoms with van der Waals surface area (Å²) in [7, 11) is 6.66. The molecule has 1 rings (SSSR count). The van der Waals surface area contributed by atoms with Gasteiger partial charge in [-0.1, -0.05) is 0 Å². The van der Waals surface area contributed by atoms with Crippen molar-refractivity contribution in [1.29, 1.82) is 0 Å². The molecular weight excluding hydrogens is 98.1 g/mol. The van der Waals surface area contributed by atoms with Crippen molar-refractivity contribution in [2.45, 2.75) is 13.0 Å². The van der Waals surface area contributed by atoms with Crippen molar-refractivity contribution in [3.8, 4) is 0 Å². The summed E-state index contributed by atoms with van der Waals surface area (Å²) in [5.74, 6) is 0. The van der Waals surface area contributed by atoms with Crippen molar-refractivity contribution in [3.05, 3.63) is 11.6 Å². The zero-order valence-corrected chi connectivity index (χ0v) is 6.10. The molecule has 1 unspecified atom stereocenters. The summed E-state index contributed by atoms with van der Waals surface area (Å²) < 4.78 is 1.06. The Hall–Kier alpha value is -0.300. The van der Waals surface area contributed by atoms with Gasteiger partial charge in [-0.05, 0) is 18.6 Å². The lowest BCUT2D eigenvalue weighted by atomic mass is 10.4. The van der Waals surface area contributed by atoms with E-state index >= 15 is 0 Å². The molecule has 0 saturated heterocycles. The number of hydrogen-bond acceptors (Lipinski definition) is 0. The van der Waals surface area contributed by atoms with Crippen molar-refractivity contribution in [2.75, 3.05) is 21.1 Å².